The molecule has 2 aromatic carbocycles. The molecule has 0 bridgehead atoms. The van der Waals surface area contributed by atoms with Crippen LogP contribution in [0.2, 0.25) is 0 Å². The number of benzene rings is 2. The first-order valence-corrected chi connectivity index (χ1v) is 8.87. The molecule has 3 rings (SSSR count). The van der Waals surface area contributed by atoms with Crippen LogP contribution in [0.3, 0.4) is 0 Å². The first-order valence-electron chi connectivity index (χ1n) is 8.87. The molecular weight excluding hydrogens is 348 g/mol. The van der Waals surface area contributed by atoms with Gasteiger partial charge in [0.05, 0.1) is 5.56 Å². The second-order valence-electron chi connectivity index (χ2n) is 6.84. The molecule has 1 heterocycles. The normalized spacial score (nSPS) is 15.3. The standard InChI is InChI=1S/C21H26N2O2.ClH/c1-15-8-9-19(16(2)20(15)22)21(24)25-18-10-12-23(13-11-18)14-17-6-4-3-5-7-17;/h3-9,18H,10-14,22H2,1-2H3;1H. The Labute approximate surface area is 161 Å². The third kappa shape index (κ3) is 4.77. The molecule has 0 amide bonds. The van der Waals surface area contributed by atoms with E-state index in [1.807, 2.05) is 32.0 Å². The van der Waals surface area contributed by atoms with Gasteiger partial charge < -0.3 is 10.5 Å². The van der Waals surface area contributed by atoms with Gasteiger partial charge in [-0.2, -0.15) is 0 Å². The van der Waals surface area contributed by atoms with Gasteiger partial charge in [0.25, 0.3) is 0 Å². The SMILES string of the molecule is Cc1ccc(C(=O)OC2CCN(Cc3ccccc3)CC2)c(C)c1N.Cl. The van der Waals surface area contributed by atoms with Crippen molar-refractivity contribution in [2.24, 2.45) is 0 Å². The number of nitrogens with two attached hydrogens (primary N) is 1. The largest absolute Gasteiger partial charge is 0.459 e. The second-order valence-corrected chi connectivity index (χ2v) is 6.84. The zero-order valence-corrected chi connectivity index (χ0v) is 16.2. The third-order valence-electron chi connectivity index (χ3n) is 5.01. The third-order valence-corrected chi connectivity index (χ3v) is 5.01. The summed E-state index contributed by atoms with van der Waals surface area (Å²) in [6, 6.07) is 14.2. The van der Waals surface area contributed by atoms with Crippen LogP contribution in [0.1, 0.15) is 39.9 Å². The number of hydrogen-bond acceptors (Lipinski definition) is 4. The summed E-state index contributed by atoms with van der Waals surface area (Å²) < 4.78 is 5.73. The lowest BCUT2D eigenvalue weighted by Gasteiger charge is -2.31. The maximum Gasteiger partial charge on any atom is 0.338 e. The van der Waals surface area contributed by atoms with Gasteiger partial charge in [0.2, 0.25) is 0 Å². The molecule has 26 heavy (non-hydrogen) atoms. The molecule has 0 spiro atoms. The maximum atomic E-state index is 12.5. The van der Waals surface area contributed by atoms with Crippen molar-refractivity contribution in [3.63, 3.8) is 0 Å². The summed E-state index contributed by atoms with van der Waals surface area (Å²) >= 11 is 0. The Morgan fingerprint density at radius 3 is 2.42 bits per heavy atom. The van der Waals surface area contributed by atoms with Crippen molar-refractivity contribution in [2.45, 2.75) is 39.3 Å². The van der Waals surface area contributed by atoms with Crippen molar-refractivity contribution in [1.29, 1.82) is 0 Å². The summed E-state index contributed by atoms with van der Waals surface area (Å²) in [5.74, 6) is -0.259. The van der Waals surface area contributed by atoms with Crippen molar-refractivity contribution < 1.29 is 9.53 Å². The Bertz CT molecular complexity index is 741. The van der Waals surface area contributed by atoms with Gasteiger partial charge in [0.1, 0.15) is 6.10 Å². The van der Waals surface area contributed by atoms with E-state index >= 15 is 0 Å². The Kier molecular flexibility index (Phi) is 7.06. The summed E-state index contributed by atoms with van der Waals surface area (Å²) in [7, 11) is 0. The van der Waals surface area contributed by atoms with Gasteiger partial charge in [0, 0.05) is 25.3 Å². The highest BCUT2D eigenvalue weighted by Gasteiger charge is 2.24. The molecule has 0 saturated carbocycles. The number of ether oxygens (including phenoxy) is 1. The topological polar surface area (TPSA) is 55.6 Å². The minimum atomic E-state index is -0.259. The summed E-state index contributed by atoms with van der Waals surface area (Å²) in [5, 5.41) is 0. The molecule has 1 saturated heterocycles. The molecule has 1 fully saturated rings. The molecule has 0 aliphatic carbocycles. The van der Waals surface area contributed by atoms with Gasteiger partial charge in [-0.15, -0.1) is 12.4 Å². The van der Waals surface area contributed by atoms with Crippen molar-refractivity contribution >= 4 is 24.1 Å². The fourth-order valence-corrected chi connectivity index (χ4v) is 3.33. The van der Waals surface area contributed by atoms with Gasteiger partial charge in [0.15, 0.2) is 0 Å². The Morgan fingerprint density at radius 1 is 1.12 bits per heavy atom. The van der Waals surface area contributed by atoms with E-state index < -0.39 is 0 Å². The minimum absolute atomic E-state index is 0. The van der Waals surface area contributed by atoms with E-state index in [-0.39, 0.29) is 24.5 Å². The highest BCUT2D eigenvalue weighted by atomic mass is 35.5. The average Bonchev–Trinajstić information content (AvgIpc) is 2.62. The lowest BCUT2D eigenvalue weighted by Crippen LogP contribution is -2.37. The van der Waals surface area contributed by atoms with Crippen molar-refractivity contribution in [2.75, 3.05) is 18.8 Å². The second kappa shape index (κ2) is 9.06. The Morgan fingerprint density at radius 2 is 1.77 bits per heavy atom. The number of anilines is 1. The van der Waals surface area contributed by atoms with Crippen LogP contribution in [0, 0.1) is 13.8 Å². The van der Waals surface area contributed by atoms with E-state index in [4.69, 9.17) is 10.5 Å². The number of esters is 1. The minimum Gasteiger partial charge on any atom is -0.459 e. The van der Waals surface area contributed by atoms with Gasteiger partial charge in [-0.3, -0.25) is 4.90 Å². The molecule has 0 atom stereocenters. The summed E-state index contributed by atoms with van der Waals surface area (Å²) in [4.78, 5) is 14.9. The van der Waals surface area contributed by atoms with Gasteiger partial charge >= 0.3 is 5.97 Å². The first kappa shape index (κ1) is 20.3. The van der Waals surface area contributed by atoms with Crippen LogP contribution in [0.5, 0.6) is 0 Å². The number of likely N-dealkylation sites (tertiary alicyclic amines) is 1. The molecule has 5 heteroatoms. The van der Waals surface area contributed by atoms with Crippen LogP contribution in [0.15, 0.2) is 42.5 Å². The van der Waals surface area contributed by atoms with Crippen molar-refractivity contribution in [1.82, 2.24) is 4.90 Å². The van der Waals surface area contributed by atoms with E-state index in [1.165, 1.54) is 5.56 Å². The van der Waals surface area contributed by atoms with Crippen molar-refractivity contribution in [3.05, 3.63) is 64.7 Å². The number of nitrogens with zero attached hydrogens (tertiary/aromatic N) is 1. The Hall–Kier alpha value is -2.04. The number of hydrogen-bond donors (Lipinski definition) is 1. The van der Waals surface area contributed by atoms with E-state index in [1.54, 1.807) is 0 Å². The van der Waals surface area contributed by atoms with E-state index in [0.717, 1.165) is 43.6 Å². The Balaban J connectivity index is 0.00000243. The molecule has 0 aromatic heterocycles. The molecule has 140 valence electrons. The van der Waals surface area contributed by atoms with Crippen LogP contribution in [0.25, 0.3) is 0 Å². The number of rotatable bonds is 4. The predicted octanol–water partition coefficient (Wildman–Crippen LogP) is 4.13. The summed E-state index contributed by atoms with van der Waals surface area (Å²) in [6.45, 7) is 6.67. The van der Waals surface area contributed by atoms with Crippen molar-refractivity contribution in [3.8, 4) is 0 Å². The molecule has 1 aliphatic heterocycles. The number of carbonyl (C=O) groups is 1. The van der Waals surface area contributed by atoms with E-state index in [2.05, 4.69) is 29.2 Å². The van der Waals surface area contributed by atoms with Gasteiger partial charge in [-0.1, -0.05) is 36.4 Å². The molecule has 2 N–H and O–H groups in total. The summed E-state index contributed by atoms with van der Waals surface area (Å²) in [6.07, 6.45) is 1.74. The zero-order valence-electron chi connectivity index (χ0n) is 15.4. The smallest absolute Gasteiger partial charge is 0.338 e. The van der Waals surface area contributed by atoms with Gasteiger partial charge in [-0.25, -0.2) is 4.79 Å². The highest BCUT2D eigenvalue weighted by molar-refractivity contribution is 5.93. The molecule has 0 unspecified atom stereocenters. The molecule has 1 aliphatic rings. The zero-order chi connectivity index (χ0) is 17.8. The number of piperidine rings is 1. The number of carbonyl (C=O) groups excluding carboxylic acids is 1. The first-order chi connectivity index (χ1) is 12.0. The predicted molar refractivity (Wildman–Crippen MR) is 108 cm³/mol. The fraction of sp³-hybridized carbons (Fsp3) is 0.381. The number of halogens is 1. The van der Waals surface area contributed by atoms with Crippen LogP contribution in [0.4, 0.5) is 5.69 Å². The lowest BCUT2D eigenvalue weighted by atomic mass is 10.0. The van der Waals surface area contributed by atoms with Crippen LogP contribution in [-0.2, 0) is 11.3 Å². The lowest BCUT2D eigenvalue weighted by molar-refractivity contribution is 0.0103. The van der Waals surface area contributed by atoms with E-state index in [9.17, 15) is 4.79 Å². The molecule has 0 radical (unpaired) electrons. The number of aryl methyl sites for hydroxylation is 1. The van der Waals surface area contributed by atoms with Crippen LogP contribution in [-0.4, -0.2) is 30.1 Å². The molecular formula is C21H27ClN2O2. The molecule has 4 nitrogen and oxygen atoms in total. The quantitative estimate of drug-likeness (QED) is 0.645. The monoisotopic (exact) mass is 374 g/mol. The number of nitrogen functional groups attached to an aromatic ring is 1. The molecule has 2 aromatic rings. The fourth-order valence-electron chi connectivity index (χ4n) is 3.33. The maximum absolute atomic E-state index is 12.5. The average molecular weight is 375 g/mol. The highest BCUT2D eigenvalue weighted by Crippen LogP contribution is 2.23. The summed E-state index contributed by atoms with van der Waals surface area (Å²) in [5.41, 5.74) is 10.4. The van der Waals surface area contributed by atoms with E-state index in [0.29, 0.717) is 11.3 Å². The van der Waals surface area contributed by atoms with Crippen LogP contribution >= 0.6 is 12.4 Å². The van der Waals surface area contributed by atoms with Crippen LogP contribution < -0.4 is 5.73 Å². The van der Waals surface area contributed by atoms with Gasteiger partial charge in [-0.05, 0) is 49.4 Å².